The van der Waals surface area contributed by atoms with Crippen molar-refractivity contribution in [3.8, 4) is 0 Å². The number of carbonyl (C=O) groups is 2. The summed E-state index contributed by atoms with van der Waals surface area (Å²) in [5.41, 5.74) is 2.14. The van der Waals surface area contributed by atoms with Crippen LogP contribution < -0.4 is 0 Å². The van der Waals surface area contributed by atoms with Crippen molar-refractivity contribution in [3.63, 3.8) is 0 Å². The molecule has 0 aliphatic carbocycles. The van der Waals surface area contributed by atoms with Gasteiger partial charge in [-0.2, -0.15) is 0 Å². The van der Waals surface area contributed by atoms with Crippen LogP contribution in [0.5, 0.6) is 0 Å². The van der Waals surface area contributed by atoms with Gasteiger partial charge in [-0.15, -0.1) is 0 Å². The van der Waals surface area contributed by atoms with Crippen molar-refractivity contribution in [2.45, 2.75) is 39.2 Å². The number of aliphatic hydroxyl groups excluding tert-OH is 2. The summed E-state index contributed by atoms with van der Waals surface area (Å²) in [7, 11) is 0. The molecule has 0 aromatic heterocycles. The van der Waals surface area contributed by atoms with E-state index in [0.29, 0.717) is 5.92 Å². The van der Waals surface area contributed by atoms with Crippen molar-refractivity contribution < 1.29 is 24.9 Å². The first kappa shape index (κ1) is 19.3. The van der Waals surface area contributed by atoms with Gasteiger partial charge in [0.2, 0.25) is 0 Å². The maximum absolute atomic E-state index is 10.8. The standard InChI is InChI=1S/C13H18O2.C3H6O3/c1-9(2)8-11-4-6-12(7-5-11)10(3)13(14)15;4-1-3(6)2-5/h4-7,9-10H,8H2,1-3H3,(H,14,15);1,3,5-6H,2H2. The number of rotatable bonds is 6. The minimum atomic E-state index is -1.19. The summed E-state index contributed by atoms with van der Waals surface area (Å²) in [5.74, 6) is -0.558. The molecule has 0 radical (unpaired) electrons. The van der Waals surface area contributed by atoms with Crippen LogP contribution in [0.2, 0.25) is 0 Å². The molecule has 0 bridgehead atoms. The lowest BCUT2D eigenvalue weighted by Crippen LogP contribution is -2.12. The highest BCUT2D eigenvalue weighted by Gasteiger charge is 2.12. The van der Waals surface area contributed by atoms with Gasteiger partial charge in [-0.3, -0.25) is 4.79 Å². The van der Waals surface area contributed by atoms with Crippen molar-refractivity contribution in [2.75, 3.05) is 6.61 Å². The average molecular weight is 296 g/mol. The van der Waals surface area contributed by atoms with Crippen molar-refractivity contribution in [2.24, 2.45) is 5.92 Å². The van der Waals surface area contributed by atoms with Gasteiger partial charge in [0, 0.05) is 0 Å². The molecule has 5 heteroatoms. The van der Waals surface area contributed by atoms with Crippen LogP contribution in [0.1, 0.15) is 37.8 Å². The summed E-state index contributed by atoms with van der Waals surface area (Å²) < 4.78 is 0. The molecule has 0 aliphatic heterocycles. The number of aliphatic carboxylic acids is 1. The second-order valence-electron chi connectivity index (χ2n) is 5.29. The van der Waals surface area contributed by atoms with Crippen LogP contribution in [0.15, 0.2) is 24.3 Å². The van der Waals surface area contributed by atoms with Crippen molar-refractivity contribution in [1.82, 2.24) is 0 Å². The average Bonchev–Trinajstić information content (AvgIpc) is 2.46. The molecule has 0 saturated heterocycles. The fourth-order valence-electron chi connectivity index (χ4n) is 1.60. The van der Waals surface area contributed by atoms with Crippen LogP contribution in [-0.2, 0) is 16.0 Å². The number of hydrogen-bond donors (Lipinski definition) is 3. The molecule has 1 aromatic rings. The summed E-state index contributed by atoms with van der Waals surface area (Å²) in [5, 5.41) is 24.8. The zero-order valence-electron chi connectivity index (χ0n) is 12.7. The molecule has 21 heavy (non-hydrogen) atoms. The fourth-order valence-corrected chi connectivity index (χ4v) is 1.60. The molecule has 0 amide bonds. The van der Waals surface area contributed by atoms with E-state index in [-0.39, 0.29) is 6.29 Å². The Balaban J connectivity index is 0.000000567. The Bertz CT molecular complexity index is 425. The summed E-state index contributed by atoms with van der Waals surface area (Å²) in [6, 6.07) is 7.87. The second-order valence-corrected chi connectivity index (χ2v) is 5.29. The second kappa shape index (κ2) is 10.1. The Morgan fingerprint density at radius 3 is 2.00 bits per heavy atom. The summed E-state index contributed by atoms with van der Waals surface area (Å²) in [4.78, 5) is 20.1. The fraction of sp³-hybridized carbons (Fsp3) is 0.500. The predicted molar refractivity (Wildman–Crippen MR) is 80.2 cm³/mol. The maximum atomic E-state index is 10.8. The van der Waals surface area contributed by atoms with Gasteiger partial charge < -0.3 is 20.1 Å². The predicted octanol–water partition coefficient (Wildman–Crippen LogP) is 1.61. The van der Waals surface area contributed by atoms with E-state index in [0.717, 1.165) is 12.0 Å². The van der Waals surface area contributed by atoms with Gasteiger partial charge in [0.1, 0.15) is 6.10 Å². The third-order valence-electron chi connectivity index (χ3n) is 2.84. The molecule has 1 aromatic carbocycles. The van der Waals surface area contributed by atoms with E-state index in [1.54, 1.807) is 6.92 Å². The lowest BCUT2D eigenvalue weighted by molar-refractivity contribution is -0.138. The van der Waals surface area contributed by atoms with E-state index in [2.05, 4.69) is 13.8 Å². The van der Waals surface area contributed by atoms with Gasteiger partial charge in [0.25, 0.3) is 0 Å². The lowest BCUT2D eigenvalue weighted by atomic mass is 9.97. The van der Waals surface area contributed by atoms with Crippen LogP contribution in [0.25, 0.3) is 0 Å². The Kier molecular flexibility index (Phi) is 9.25. The Morgan fingerprint density at radius 1 is 1.19 bits per heavy atom. The summed E-state index contributed by atoms with van der Waals surface area (Å²) in [6.07, 6.45) is 0.131. The molecule has 118 valence electrons. The molecule has 0 spiro atoms. The first-order valence-electron chi connectivity index (χ1n) is 6.87. The number of aliphatic hydroxyl groups is 2. The zero-order valence-corrected chi connectivity index (χ0v) is 12.7. The molecule has 0 fully saturated rings. The number of carboxylic acids is 1. The van der Waals surface area contributed by atoms with Gasteiger partial charge >= 0.3 is 5.97 Å². The van der Waals surface area contributed by atoms with Gasteiger partial charge in [-0.05, 0) is 30.4 Å². The molecular formula is C16H24O5. The van der Waals surface area contributed by atoms with Gasteiger partial charge in [0.05, 0.1) is 12.5 Å². The maximum Gasteiger partial charge on any atom is 0.310 e. The van der Waals surface area contributed by atoms with E-state index >= 15 is 0 Å². The van der Waals surface area contributed by atoms with E-state index in [9.17, 15) is 9.59 Å². The number of aldehydes is 1. The lowest BCUT2D eigenvalue weighted by Gasteiger charge is -2.09. The Labute approximate surface area is 125 Å². The van der Waals surface area contributed by atoms with E-state index in [1.165, 1.54) is 5.56 Å². The smallest absolute Gasteiger partial charge is 0.310 e. The van der Waals surface area contributed by atoms with Crippen LogP contribution in [0.3, 0.4) is 0 Å². The third kappa shape index (κ3) is 8.22. The minimum absolute atomic E-state index is 0.278. The van der Waals surface area contributed by atoms with Crippen molar-refractivity contribution in [1.29, 1.82) is 0 Å². The molecule has 0 saturated carbocycles. The van der Waals surface area contributed by atoms with Gasteiger partial charge in [-0.25, -0.2) is 0 Å². The normalized spacial score (nSPS) is 13.0. The van der Waals surface area contributed by atoms with Gasteiger partial charge in [-0.1, -0.05) is 38.1 Å². The molecule has 3 N–H and O–H groups in total. The molecule has 0 heterocycles. The highest BCUT2D eigenvalue weighted by Crippen LogP contribution is 2.17. The van der Waals surface area contributed by atoms with Gasteiger partial charge in [0.15, 0.2) is 6.29 Å². The monoisotopic (exact) mass is 296 g/mol. The molecule has 2 atom stereocenters. The van der Waals surface area contributed by atoms with Crippen LogP contribution >= 0.6 is 0 Å². The molecule has 0 aliphatic rings. The molecule has 2 unspecified atom stereocenters. The highest BCUT2D eigenvalue weighted by molar-refractivity contribution is 5.75. The zero-order chi connectivity index (χ0) is 16.4. The van der Waals surface area contributed by atoms with Crippen molar-refractivity contribution in [3.05, 3.63) is 35.4 Å². The first-order chi connectivity index (χ1) is 9.81. The van der Waals surface area contributed by atoms with Crippen LogP contribution in [-0.4, -0.2) is 40.3 Å². The molecular weight excluding hydrogens is 272 g/mol. The largest absolute Gasteiger partial charge is 0.481 e. The SMILES string of the molecule is CC(C)Cc1ccc(C(C)C(=O)O)cc1.O=CC(O)CO. The third-order valence-corrected chi connectivity index (χ3v) is 2.84. The van der Waals surface area contributed by atoms with Crippen molar-refractivity contribution >= 4 is 12.3 Å². The first-order valence-corrected chi connectivity index (χ1v) is 6.87. The molecule has 1 rings (SSSR count). The number of carbonyl (C=O) groups excluding carboxylic acids is 1. The van der Waals surface area contributed by atoms with Crippen LogP contribution in [0, 0.1) is 5.92 Å². The van der Waals surface area contributed by atoms with E-state index in [1.807, 2.05) is 24.3 Å². The summed E-state index contributed by atoms with van der Waals surface area (Å²) >= 11 is 0. The quantitative estimate of drug-likeness (QED) is 0.693. The topological polar surface area (TPSA) is 94.8 Å². The Hall–Kier alpha value is -1.72. The number of hydrogen-bond acceptors (Lipinski definition) is 4. The van der Waals surface area contributed by atoms with Crippen LogP contribution in [0.4, 0.5) is 0 Å². The number of benzene rings is 1. The van der Waals surface area contributed by atoms with E-state index < -0.39 is 24.6 Å². The highest BCUT2D eigenvalue weighted by atomic mass is 16.4. The summed E-state index contributed by atoms with van der Waals surface area (Å²) in [6.45, 7) is 5.57. The number of carboxylic acid groups (broad SMARTS) is 1. The Morgan fingerprint density at radius 2 is 1.71 bits per heavy atom. The van der Waals surface area contributed by atoms with E-state index in [4.69, 9.17) is 15.3 Å². The molecule has 5 nitrogen and oxygen atoms in total. The minimum Gasteiger partial charge on any atom is -0.481 e.